The van der Waals surface area contributed by atoms with E-state index in [4.69, 9.17) is 0 Å². The fraction of sp³-hybridized carbons (Fsp3) is 0.667. The number of hydrogen-bond acceptors (Lipinski definition) is 5. The topological polar surface area (TPSA) is 72.9 Å². The van der Waals surface area contributed by atoms with E-state index in [-0.39, 0.29) is 26.3 Å². The predicted octanol–water partition coefficient (Wildman–Crippen LogP) is 0.732. The van der Waals surface area contributed by atoms with E-state index in [1.807, 2.05) is 0 Å². The standard InChI is InChI=1S/C9H14NO5S/c1-7(11)14-5-3-10(9(13)16)4-6-15-8(2)12/h3-6H2,1-2H3. The minimum absolute atomic E-state index is 0.0811. The number of amides is 1. The molecule has 0 aliphatic rings. The SMILES string of the molecule is CC(=O)OCCN(CCOC(C)=O)C(=O)[S]. The first kappa shape index (κ1) is 14.6. The number of nitrogens with zero attached hydrogens (tertiary/aromatic N) is 1. The Balaban J connectivity index is 3.84. The van der Waals surface area contributed by atoms with Crippen molar-refractivity contribution in [2.24, 2.45) is 0 Å². The minimum atomic E-state index is -0.570. The molecule has 16 heavy (non-hydrogen) atoms. The quantitative estimate of drug-likeness (QED) is 0.648. The summed E-state index contributed by atoms with van der Waals surface area (Å²) >= 11 is 4.46. The van der Waals surface area contributed by atoms with Crippen molar-refractivity contribution in [1.82, 2.24) is 4.90 Å². The van der Waals surface area contributed by atoms with Gasteiger partial charge < -0.3 is 14.4 Å². The van der Waals surface area contributed by atoms with Crippen molar-refractivity contribution >= 4 is 29.8 Å². The van der Waals surface area contributed by atoms with Crippen LogP contribution in [0.15, 0.2) is 0 Å². The average Bonchev–Trinajstić information content (AvgIpc) is 2.14. The second-order valence-electron chi connectivity index (χ2n) is 2.93. The highest BCUT2D eigenvalue weighted by atomic mass is 32.1. The van der Waals surface area contributed by atoms with Crippen molar-refractivity contribution in [3.63, 3.8) is 0 Å². The van der Waals surface area contributed by atoms with Crippen LogP contribution in [0.2, 0.25) is 0 Å². The van der Waals surface area contributed by atoms with Crippen LogP contribution in [0, 0.1) is 0 Å². The third kappa shape index (κ3) is 7.98. The van der Waals surface area contributed by atoms with Crippen molar-refractivity contribution in [3.05, 3.63) is 0 Å². The zero-order chi connectivity index (χ0) is 12.6. The van der Waals surface area contributed by atoms with Crippen molar-refractivity contribution in [1.29, 1.82) is 0 Å². The van der Waals surface area contributed by atoms with E-state index >= 15 is 0 Å². The first-order chi connectivity index (χ1) is 7.43. The first-order valence-corrected chi connectivity index (χ1v) is 5.07. The van der Waals surface area contributed by atoms with Gasteiger partial charge in [0.15, 0.2) is 0 Å². The molecule has 6 nitrogen and oxygen atoms in total. The molecule has 0 aliphatic carbocycles. The molecule has 0 aromatic carbocycles. The van der Waals surface area contributed by atoms with Crippen LogP contribution in [0.5, 0.6) is 0 Å². The lowest BCUT2D eigenvalue weighted by atomic mass is 10.5. The van der Waals surface area contributed by atoms with Crippen LogP contribution in [0.4, 0.5) is 4.79 Å². The third-order valence-corrected chi connectivity index (χ3v) is 1.85. The Morgan fingerprint density at radius 3 is 1.62 bits per heavy atom. The number of esters is 2. The summed E-state index contributed by atoms with van der Waals surface area (Å²) in [7, 11) is 0. The molecule has 0 N–H and O–H groups in total. The average molecular weight is 248 g/mol. The van der Waals surface area contributed by atoms with Gasteiger partial charge in [-0.05, 0) is 12.6 Å². The van der Waals surface area contributed by atoms with Crippen LogP contribution in [-0.2, 0) is 19.1 Å². The lowest BCUT2D eigenvalue weighted by Crippen LogP contribution is -2.33. The molecule has 0 unspecified atom stereocenters. The summed E-state index contributed by atoms with van der Waals surface area (Å²) in [6, 6.07) is 0. The Morgan fingerprint density at radius 1 is 1.00 bits per heavy atom. The molecular formula is C9H14NO5S. The van der Waals surface area contributed by atoms with Gasteiger partial charge in [0.1, 0.15) is 13.2 Å². The van der Waals surface area contributed by atoms with Crippen molar-refractivity contribution in [3.8, 4) is 0 Å². The van der Waals surface area contributed by atoms with Crippen molar-refractivity contribution < 1.29 is 23.9 Å². The van der Waals surface area contributed by atoms with E-state index in [1.54, 1.807) is 0 Å². The van der Waals surface area contributed by atoms with E-state index < -0.39 is 17.2 Å². The summed E-state index contributed by atoms with van der Waals surface area (Å²) in [6.45, 7) is 3.11. The van der Waals surface area contributed by atoms with E-state index in [0.29, 0.717) is 0 Å². The van der Waals surface area contributed by atoms with Gasteiger partial charge in [-0.25, -0.2) is 0 Å². The van der Waals surface area contributed by atoms with Crippen LogP contribution in [-0.4, -0.2) is 48.4 Å². The summed E-state index contributed by atoms with van der Waals surface area (Å²) in [5.41, 5.74) is 0. The molecule has 7 heteroatoms. The molecular weight excluding hydrogens is 234 g/mol. The smallest absolute Gasteiger partial charge is 0.313 e. The number of carbonyl (C=O) groups excluding carboxylic acids is 3. The molecule has 0 rings (SSSR count). The van der Waals surface area contributed by atoms with Crippen LogP contribution in [0.1, 0.15) is 13.8 Å². The highest BCUT2D eigenvalue weighted by Crippen LogP contribution is 1.96. The van der Waals surface area contributed by atoms with E-state index in [2.05, 4.69) is 22.1 Å². The number of rotatable bonds is 6. The summed E-state index contributed by atoms with van der Waals surface area (Å²) in [6.07, 6.45) is 0. The molecule has 0 atom stereocenters. The van der Waals surface area contributed by atoms with Crippen LogP contribution < -0.4 is 0 Å². The number of ether oxygens (including phenoxy) is 2. The Morgan fingerprint density at radius 2 is 1.38 bits per heavy atom. The number of hydrogen-bond donors (Lipinski definition) is 0. The second-order valence-corrected chi connectivity index (χ2v) is 3.28. The molecule has 0 aromatic heterocycles. The van der Waals surface area contributed by atoms with E-state index in [9.17, 15) is 14.4 Å². The van der Waals surface area contributed by atoms with Crippen LogP contribution in [0.25, 0.3) is 0 Å². The zero-order valence-corrected chi connectivity index (χ0v) is 10.0. The molecule has 0 saturated carbocycles. The Bertz CT molecular complexity index is 249. The highest BCUT2D eigenvalue weighted by molar-refractivity contribution is 7.96. The van der Waals surface area contributed by atoms with E-state index in [1.165, 1.54) is 18.7 Å². The van der Waals surface area contributed by atoms with Crippen molar-refractivity contribution in [2.75, 3.05) is 26.3 Å². The Hall–Kier alpha value is -1.37. The summed E-state index contributed by atoms with van der Waals surface area (Å²) in [5.74, 6) is -0.839. The molecule has 0 saturated heterocycles. The Kier molecular flexibility index (Phi) is 7.19. The monoisotopic (exact) mass is 248 g/mol. The molecule has 1 radical (unpaired) electrons. The predicted molar refractivity (Wildman–Crippen MR) is 57.8 cm³/mol. The van der Waals surface area contributed by atoms with Gasteiger partial charge in [-0.3, -0.25) is 14.4 Å². The molecule has 0 aliphatic heterocycles. The molecule has 0 heterocycles. The van der Waals surface area contributed by atoms with Crippen LogP contribution in [0.3, 0.4) is 0 Å². The minimum Gasteiger partial charge on any atom is -0.464 e. The normalized spacial score (nSPS) is 9.38. The zero-order valence-electron chi connectivity index (χ0n) is 9.23. The van der Waals surface area contributed by atoms with Crippen LogP contribution >= 0.6 is 12.6 Å². The molecule has 0 bridgehead atoms. The largest absolute Gasteiger partial charge is 0.464 e. The van der Waals surface area contributed by atoms with Gasteiger partial charge in [0, 0.05) is 13.8 Å². The van der Waals surface area contributed by atoms with Gasteiger partial charge in [0.05, 0.1) is 13.1 Å². The van der Waals surface area contributed by atoms with Gasteiger partial charge in [-0.2, -0.15) is 0 Å². The fourth-order valence-corrected chi connectivity index (χ4v) is 1.08. The van der Waals surface area contributed by atoms with Crippen molar-refractivity contribution in [2.45, 2.75) is 13.8 Å². The maximum Gasteiger partial charge on any atom is 0.313 e. The summed E-state index contributed by atoms with van der Waals surface area (Å²) < 4.78 is 9.33. The van der Waals surface area contributed by atoms with Gasteiger partial charge in [-0.1, -0.05) is 0 Å². The lowest BCUT2D eigenvalue weighted by molar-refractivity contribution is -0.141. The molecule has 0 spiro atoms. The van der Waals surface area contributed by atoms with Gasteiger partial charge in [-0.15, -0.1) is 0 Å². The second kappa shape index (κ2) is 7.86. The molecule has 1 amide bonds. The Labute approximate surface area is 99.3 Å². The first-order valence-electron chi connectivity index (χ1n) is 4.66. The lowest BCUT2D eigenvalue weighted by Gasteiger charge is -2.18. The van der Waals surface area contributed by atoms with E-state index in [0.717, 1.165) is 0 Å². The summed E-state index contributed by atoms with van der Waals surface area (Å²) in [4.78, 5) is 33.2. The maximum atomic E-state index is 11.0. The number of carbonyl (C=O) groups is 3. The third-order valence-electron chi connectivity index (χ3n) is 1.59. The molecule has 91 valence electrons. The van der Waals surface area contributed by atoms with Gasteiger partial charge in [0.2, 0.25) is 0 Å². The molecule has 0 aromatic rings. The fourth-order valence-electron chi connectivity index (χ4n) is 0.894. The molecule has 0 fully saturated rings. The maximum absolute atomic E-state index is 11.0. The summed E-state index contributed by atoms with van der Waals surface area (Å²) in [5, 5.41) is -0.570. The van der Waals surface area contributed by atoms with Gasteiger partial charge >= 0.3 is 17.2 Å². The van der Waals surface area contributed by atoms with Gasteiger partial charge in [0.25, 0.3) is 0 Å². The highest BCUT2D eigenvalue weighted by Gasteiger charge is 2.11.